The van der Waals surface area contributed by atoms with Crippen LogP contribution >= 0.6 is 0 Å². The van der Waals surface area contributed by atoms with E-state index < -0.39 is 11.8 Å². The van der Waals surface area contributed by atoms with Crippen LogP contribution in [0.1, 0.15) is 100 Å². The standard InChI is InChI=1S/C33H42O6/c1-7-8-9-13-25-20-29(35)28(19-14-23(4)12-10-11-22(2)3)31-30(25)32(36)39-33(38-31,21-24(5)34)26-15-17-27(37-6)18-16-26/h11,14-18,20,35H,7-10,12-13,19,21H2,1-6H3/b23-14+. The van der Waals surface area contributed by atoms with Gasteiger partial charge < -0.3 is 19.3 Å². The first-order valence-corrected chi connectivity index (χ1v) is 13.8. The fraction of sp³-hybridized carbons (Fsp3) is 0.455. The third-order valence-corrected chi connectivity index (χ3v) is 6.98. The highest BCUT2D eigenvalue weighted by Crippen LogP contribution is 2.46. The Hall–Kier alpha value is -3.54. The first-order valence-electron chi connectivity index (χ1n) is 13.8. The number of benzene rings is 2. The molecule has 0 radical (unpaired) electrons. The zero-order valence-electron chi connectivity index (χ0n) is 24.2. The number of allylic oxidation sites excluding steroid dienone is 4. The Bertz CT molecular complexity index is 1230. The normalized spacial score (nSPS) is 16.7. The number of aromatic hydroxyl groups is 1. The largest absolute Gasteiger partial charge is 0.508 e. The molecule has 2 aromatic rings. The first-order chi connectivity index (χ1) is 18.6. The first kappa shape index (κ1) is 30.0. The van der Waals surface area contributed by atoms with E-state index in [4.69, 9.17) is 14.2 Å². The molecule has 3 rings (SSSR count). The molecule has 210 valence electrons. The van der Waals surface area contributed by atoms with E-state index in [1.54, 1.807) is 37.4 Å². The lowest BCUT2D eigenvalue weighted by Gasteiger charge is -2.39. The molecule has 6 nitrogen and oxygen atoms in total. The van der Waals surface area contributed by atoms with E-state index in [1.807, 2.05) is 0 Å². The fourth-order valence-corrected chi connectivity index (χ4v) is 4.85. The van der Waals surface area contributed by atoms with Gasteiger partial charge in [0.15, 0.2) is 0 Å². The lowest BCUT2D eigenvalue weighted by molar-refractivity contribution is -0.172. The van der Waals surface area contributed by atoms with Gasteiger partial charge in [-0.05, 0) is 95.7 Å². The average Bonchev–Trinajstić information content (AvgIpc) is 2.87. The highest BCUT2D eigenvalue weighted by molar-refractivity contribution is 5.97. The van der Waals surface area contributed by atoms with Crippen molar-refractivity contribution in [2.75, 3.05) is 7.11 Å². The van der Waals surface area contributed by atoms with Gasteiger partial charge in [-0.1, -0.05) is 43.1 Å². The predicted molar refractivity (Wildman–Crippen MR) is 153 cm³/mol. The van der Waals surface area contributed by atoms with Gasteiger partial charge in [0, 0.05) is 11.1 Å². The van der Waals surface area contributed by atoms with E-state index in [-0.39, 0.29) is 18.0 Å². The Labute approximate surface area is 232 Å². The van der Waals surface area contributed by atoms with Crippen LogP contribution in [0.5, 0.6) is 17.2 Å². The second-order valence-electron chi connectivity index (χ2n) is 10.6. The highest BCUT2D eigenvalue weighted by atomic mass is 16.7. The Balaban J connectivity index is 2.12. The number of carbonyl (C=O) groups is 2. The van der Waals surface area contributed by atoms with Crippen molar-refractivity contribution in [3.63, 3.8) is 0 Å². The van der Waals surface area contributed by atoms with Gasteiger partial charge in [0.2, 0.25) is 0 Å². The Kier molecular flexibility index (Phi) is 10.4. The number of rotatable bonds is 13. The number of ketones is 1. The number of unbranched alkanes of at least 4 members (excludes halogenated alkanes) is 2. The maximum atomic E-state index is 13.7. The summed E-state index contributed by atoms with van der Waals surface area (Å²) in [5, 5.41) is 11.2. The van der Waals surface area contributed by atoms with E-state index >= 15 is 0 Å². The summed E-state index contributed by atoms with van der Waals surface area (Å²) in [4.78, 5) is 26.1. The van der Waals surface area contributed by atoms with Crippen LogP contribution in [0.25, 0.3) is 0 Å². The quantitative estimate of drug-likeness (QED) is 0.161. The minimum Gasteiger partial charge on any atom is -0.508 e. The molecule has 0 aromatic heterocycles. The van der Waals surface area contributed by atoms with Crippen molar-refractivity contribution in [2.45, 2.75) is 91.8 Å². The molecule has 1 unspecified atom stereocenters. The van der Waals surface area contributed by atoms with Crippen molar-refractivity contribution in [3.05, 3.63) is 75.9 Å². The van der Waals surface area contributed by atoms with Gasteiger partial charge in [-0.15, -0.1) is 0 Å². The number of methoxy groups -OCH3 is 1. The minimum absolute atomic E-state index is 0.0785. The van der Waals surface area contributed by atoms with E-state index in [1.165, 1.54) is 18.1 Å². The van der Waals surface area contributed by atoms with E-state index in [0.717, 1.165) is 32.1 Å². The predicted octanol–water partition coefficient (Wildman–Crippen LogP) is 7.75. The van der Waals surface area contributed by atoms with Crippen molar-refractivity contribution in [2.24, 2.45) is 0 Å². The maximum absolute atomic E-state index is 13.7. The van der Waals surface area contributed by atoms with Crippen LogP contribution in [0.15, 0.2) is 53.6 Å². The SMILES string of the molecule is CCCCCc1cc(O)c(C/C=C(\C)CCC=C(C)C)c2c1C(=O)OC(CC(C)=O)(c1ccc(OC)cc1)O2. The number of cyclic esters (lactones) is 1. The summed E-state index contributed by atoms with van der Waals surface area (Å²) in [7, 11) is 1.57. The lowest BCUT2D eigenvalue weighted by Crippen LogP contribution is -2.44. The topological polar surface area (TPSA) is 82.1 Å². The molecule has 0 saturated heterocycles. The maximum Gasteiger partial charge on any atom is 0.345 e. The summed E-state index contributed by atoms with van der Waals surface area (Å²) < 4.78 is 17.8. The van der Waals surface area contributed by atoms with Crippen LogP contribution in [0.3, 0.4) is 0 Å². The van der Waals surface area contributed by atoms with Gasteiger partial charge in [0.1, 0.15) is 28.6 Å². The average molecular weight is 535 g/mol. The van der Waals surface area contributed by atoms with Gasteiger partial charge in [0.05, 0.1) is 13.5 Å². The Morgan fingerprint density at radius 3 is 2.38 bits per heavy atom. The number of phenols is 1. The number of esters is 1. The molecule has 1 aliphatic heterocycles. The molecule has 0 amide bonds. The number of phenolic OH excluding ortho intramolecular Hbond substituents is 1. The van der Waals surface area contributed by atoms with Crippen LogP contribution < -0.4 is 9.47 Å². The Morgan fingerprint density at radius 1 is 1.05 bits per heavy atom. The van der Waals surface area contributed by atoms with Crippen LogP contribution in [0, 0.1) is 0 Å². The van der Waals surface area contributed by atoms with Crippen molar-refractivity contribution in [3.8, 4) is 17.2 Å². The van der Waals surface area contributed by atoms with Crippen LogP contribution in [0.4, 0.5) is 0 Å². The van der Waals surface area contributed by atoms with Crippen LogP contribution in [0.2, 0.25) is 0 Å². The molecule has 39 heavy (non-hydrogen) atoms. The monoisotopic (exact) mass is 534 g/mol. The minimum atomic E-state index is -1.65. The summed E-state index contributed by atoms with van der Waals surface area (Å²) in [5.41, 5.74) is 4.52. The van der Waals surface area contributed by atoms with Crippen molar-refractivity contribution in [1.82, 2.24) is 0 Å². The number of carbonyl (C=O) groups excluding carboxylic acids is 2. The summed E-state index contributed by atoms with van der Waals surface area (Å²) in [6, 6.07) is 8.62. The van der Waals surface area contributed by atoms with Crippen molar-refractivity contribution >= 4 is 11.8 Å². The second-order valence-corrected chi connectivity index (χ2v) is 10.6. The molecule has 1 N–H and O–H groups in total. The summed E-state index contributed by atoms with van der Waals surface area (Å²) in [6.45, 7) is 9.78. The third-order valence-electron chi connectivity index (χ3n) is 6.98. The molecule has 0 spiro atoms. The number of aryl methyl sites for hydroxylation is 1. The third kappa shape index (κ3) is 7.53. The summed E-state index contributed by atoms with van der Waals surface area (Å²) >= 11 is 0. The number of hydrogen-bond donors (Lipinski definition) is 1. The van der Waals surface area contributed by atoms with Gasteiger partial charge in [-0.3, -0.25) is 4.79 Å². The number of hydrogen-bond acceptors (Lipinski definition) is 6. The summed E-state index contributed by atoms with van der Waals surface area (Å²) in [6.07, 6.45) is 9.83. The molecule has 1 atom stereocenters. The van der Waals surface area contributed by atoms with Gasteiger partial charge in [-0.25, -0.2) is 4.79 Å². The van der Waals surface area contributed by atoms with Crippen molar-refractivity contribution < 1.29 is 28.9 Å². The molecule has 1 heterocycles. The van der Waals surface area contributed by atoms with Crippen molar-refractivity contribution in [1.29, 1.82) is 0 Å². The highest BCUT2D eigenvalue weighted by Gasteiger charge is 2.47. The lowest BCUT2D eigenvalue weighted by atomic mass is 9.92. The fourth-order valence-electron chi connectivity index (χ4n) is 4.85. The zero-order valence-corrected chi connectivity index (χ0v) is 24.2. The molecular formula is C33H42O6. The Morgan fingerprint density at radius 2 is 1.77 bits per heavy atom. The van der Waals surface area contributed by atoms with E-state index in [2.05, 4.69) is 39.8 Å². The van der Waals surface area contributed by atoms with Gasteiger partial charge in [-0.2, -0.15) is 0 Å². The number of ether oxygens (including phenoxy) is 3. The molecule has 0 fully saturated rings. The number of Topliss-reactive ketones (excluding diaryl/α,β-unsaturated/α-hetero) is 1. The smallest absolute Gasteiger partial charge is 0.345 e. The van der Waals surface area contributed by atoms with Crippen LogP contribution in [-0.2, 0) is 28.2 Å². The molecule has 0 aliphatic carbocycles. The molecule has 0 bridgehead atoms. The zero-order chi connectivity index (χ0) is 28.6. The van der Waals surface area contributed by atoms with E-state index in [9.17, 15) is 14.7 Å². The number of fused-ring (bicyclic) bond motifs is 1. The molecule has 6 heteroatoms. The van der Waals surface area contributed by atoms with Gasteiger partial charge >= 0.3 is 5.97 Å². The molecule has 2 aromatic carbocycles. The molecule has 0 saturated carbocycles. The summed E-state index contributed by atoms with van der Waals surface area (Å²) in [5.74, 6) is -1.39. The van der Waals surface area contributed by atoms with Gasteiger partial charge in [0.25, 0.3) is 5.79 Å². The second kappa shape index (κ2) is 13.5. The molecular weight excluding hydrogens is 492 g/mol. The van der Waals surface area contributed by atoms with Crippen LogP contribution in [-0.4, -0.2) is 24.0 Å². The molecule has 1 aliphatic rings. The van der Waals surface area contributed by atoms with E-state index in [0.29, 0.717) is 46.6 Å².